The predicted molar refractivity (Wildman–Crippen MR) is 71.8 cm³/mol. The van der Waals surface area contributed by atoms with E-state index in [2.05, 4.69) is 20.7 Å². The van der Waals surface area contributed by atoms with Crippen molar-refractivity contribution in [2.75, 3.05) is 0 Å². The molecule has 0 atom stereocenters. The molecule has 0 radical (unpaired) electrons. The summed E-state index contributed by atoms with van der Waals surface area (Å²) in [6, 6.07) is 4.80. The number of aryl methyl sites for hydroxylation is 1. The number of furan rings is 1. The molecule has 3 aromatic rings. The highest BCUT2D eigenvalue weighted by Gasteiger charge is 2.17. The topological polar surface area (TPSA) is 112 Å². The molecule has 9 heteroatoms. The minimum Gasteiger partial charge on any atom is -0.867 e. The quantitative estimate of drug-likeness (QED) is 0.383. The number of hydrogen-bond acceptors (Lipinski definition) is 6. The summed E-state index contributed by atoms with van der Waals surface area (Å²) in [7, 11) is 0. The van der Waals surface area contributed by atoms with Crippen molar-refractivity contribution in [3.05, 3.63) is 42.2 Å². The number of amides is 1. The molecular formula is C13H12N6O3. The highest BCUT2D eigenvalue weighted by Crippen LogP contribution is 2.10. The van der Waals surface area contributed by atoms with Crippen LogP contribution in [0.15, 0.2) is 40.3 Å². The van der Waals surface area contributed by atoms with Crippen LogP contribution in [-0.4, -0.2) is 26.8 Å². The van der Waals surface area contributed by atoms with E-state index in [4.69, 9.17) is 4.42 Å². The number of carbonyl (C=O) groups is 1. The third-order valence-electron chi connectivity index (χ3n) is 2.81. The Labute approximate surface area is 124 Å². The lowest BCUT2D eigenvalue weighted by Gasteiger charge is -2.04. The lowest BCUT2D eigenvalue weighted by molar-refractivity contribution is -0.717. The van der Waals surface area contributed by atoms with E-state index in [-0.39, 0.29) is 17.9 Å². The lowest BCUT2D eigenvalue weighted by Crippen LogP contribution is -2.44. The number of hydrazone groups is 1. The highest BCUT2D eigenvalue weighted by molar-refractivity contribution is 5.79. The monoisotopic (exact) mass is 300 g/mol. The first kappa shape index (κ1) is 13.7. The van der Waals surface area contributed by atoms with Gasteiger partial charge in [0.25, 0.3) is 12.2 Å². The molecular weight excluding hydrogens is 288 g/mol. The first-order valence-corrected chi connectivity index (χ1v) is 6.41. The Morgan fingerprint density at radius 3 is 3.27 bits per heavy atom. The molecule has 0 saturated heterocycles. The fraction of sp³-hybridized carbons (Fsp3) is 0.154. The van der Waals surface area contributed by atoms with Crippen LogP contribution in [0.4, 0.5) is 0 Å². The third kappa shape index (κ3) is 2.77. The zero-order chi connectivity index (χ0) is 15.5. The van der Waals surface area contributed by atoms with Crippen LogP contribution >= 0.6 is 0 Å². The van der Waals surface area contributed by atoms with Crippen LogP contribution in [0.2, 0.25) is 0 Å². The summed E-state index contributed by atoms with van der Waals surface area (Å²) in [5, 5.41) is 23.8. The fourth-order valence-electron chi connectivity index (χ4n) is 1.92. The maximum absolute atomic E-state index is 11.9. The molecule has 9 nitrogen and oxygen atoms in total. The summed E-state index contributed by atoms with van der Waals surface area (Å²) in [6.07, 6.45) is 4.25. The van der Waals surface area contributed by atoms with Crippen LogP contribution in [0.3, 0.4) is 0 Å². The van der Waals surface area contributed by atoms with Gasteiger partial charge < -0.3 is 9.52 Å². The largest absolute Gasteiger partial charge is 0.867 e. The average molecular weight is 300 g/mol. The Hall–Kier alpha value is -3.23. The van der Waals surface area contributed by atoms with Crippen molar-refractivity contribution >= 4 is 17.8 Å². The van der Waals surface area contributed by atoms with Gasteiger partial charge in [0, 0.05) is 0 Å². The molecule has 0 aliphatic carbocycles. The SMILES string of the molecule is Cc1cc([O-])c2n(cn[n+]2CC(=O)N/N=C/c2ccco2)n1. The van der Waals surface area contributed by atoms with Gasteiger partial charge >= 0.3 is 5.65 Å². The molecule has 0 bridgehead atoms. The van der Waals surface area contributed by atoms with Crippen molar-refractivity contribution in [3.8, 4) is 5.75 Å². The van der Waals surface area contributed by atoms with Crippen molar-refractivity contribution in [2.24, 2.45) is 5.10 Å². The molecule has 112 valence electrons. The second-order valence-corrected chi connectivity index (χ2v) is 4.52. The average Bonchev–Trinajstić information content (AvgIpc) is 3.09. The molecule has 0 fully saturated rings. The molecule has 3 rings (SSSR count). The molecule has 1 N–H and O–H groups in total. The van der Waals surface area contributed by atoms with Gasteiger partial charge in [0.2, 0.25) is 0 Å². The first-order valence-electron chi connectivity index (χ1n) is 6.41. The second kappa shape index (κ2) is 5.64. The van der Waals surface area contributed by atoms with Crippen LogP contribution in [0.1, 0.15) is 11.5 Å². The van der Waals surface area contributed by atoms with E-state index in [0.717, 1.165) is 0 Å². The molecule has 3 heterocycles. The van der Waals surface area contributed by atoms with Crippen molar-refractivity contribution in [1.82, 2.24) is 20.1 Å². The van der Waals surface area contributed by atoms with Crippen LogP contribution in [-0.2, 0) is 11.3 Å². The summed E-state index contributed by atoms with van der Waals surface area (Å²) >= 11 is 0. The number of nitrogens with zero attached hydrogens (tertiary/aromatic N) is 5. The van der Waals surface area contributed by atoms with E-state index < -0.39 is 5.91 Å². The minimum absolute atomic E-state index is 0.147. The molecule has 0 aliphatic rings. The number of fused-ring (bicyclic) bond motifs is 1. The highest BCUT2D eigenvalue weighted by atomic mass is 16.3. The van der Waals surface area contributed by atoms with Gasteiger partial charge in [-0.25, -0.2) is 5.43 Å². The molecule has 0 aromatic carbocycles. The smallest absolute Gasteiger partial charge is 0.321 e. The summed E-state index contributed by atoms with van der Waals surface area (Å²) in [5.74, 6) is -0.160. The maximum atomic E-state index is 11.9. The van der Waals surface area contributed by atoms with Crippen molar-refractivity contribution in [1.29, 1.82) is 0 Å². The number of nitrogens with one attached hydrogen (secondary N) is 1. The van der Waals surface area contributed by atoms with Crippen LogP contribution in [0.25, 0.3) is 5.65 Å². The van der Waals surface area contributed by atoms with E-state index in [0.29, 0.717) is 11.5 Å². The fourth-order valence-corrected chi connectivity index (χ4v) is 1.92. The number of carbonyl (C=O) groups excluding carboxylic acids is 1. The molecule has 0 spiro atoms. The minimum atomic E-state index is -0.423. The Morgan fingerprint density at radius 1 is 1.64 bits per heavy atom. The number of hydrogen-bond donors (Lipinski definition) is 1. The number of rotatable bonds is 4. The van der Waals surface area contributed by atoms with Gasteiger partial charge in [-0.1, -0.05) is 9.61 Å². The van der Waals surface area contributed by atoms with E-state index >= 15 is 0 Å². The first-order chi connectivity index (χ1) is 10.6. The van der Waals surface area contributed by atoms with Crippen LogP contribution < -0.4 is 15.2 Å². The molecule has 0 saturated carbocycles. The van der Waals surface area contributed by atoms with Gasteiger partial charge in [0.05, 0.1) is 18.2 Å². The van der Waals surface area contributed by atoms with E-state index in [1.54, 1.807) is 19.1 Å². The van der Waals surface area contributed by atoms with Crippen LogP contribution in [0, 0.1) is 6.92 Å². The standard InChI is InChI=1S/C13H12N6O3/c1-9-5-11(20)13-18(15-8-19(13)17-9)7-12(21)16-14-6-10-3-2-4-22-10/h2-6,8H,7H2,1H3,(H-,16,17,20,21)/b14-6+. The Kier molecular flexibility index (Phi) is 3.52. The second-order valence-electron chi connectivity index (χ2n) is 4.52. The normalized spacial score (nSPS) is 11.3. The summed E-state index contributed by atoms with van der Waals surface area (Å²) < 4.78 is 7.65. The molecule has 1 amide bonds. The lowest BCUT2D eigenvalue weighted by atomic mass is 10.4. The van der Waals surface area contributed by atoms with E-state index in [1.807, 2.05) is 0 Å². The van der Waals surface area contributed by atoms with Crippen molar-refractivity contribution < 1.29 is 19.0 Å². The van der Waals surface area contributed by atoms with Gasteiger partial charge in [0.1, 0.15) is 5.76 Å². The zero-order valence-corrected chi connectivity index (χ0v) is 11.6. The summed E-state index contributed by atoms with van der Waals surface area (Å²) in [4.78, 5) is 11.8. The van der Waals surface area contributed by atoms with Crippen molar-refractivity contribution in [3.63, 3.8) is 0 Å². The maximum Gasteiger partial charge on any atom is 0.321 e. The van der Waals surface area contributed by atoms with E-state index in [1.165, 1.54) is 34.1 Å². The van der Waals surface area contributed by atoms with Gasteiger partial charge in [0.15, 0.2) is 6.54 Å². The predicted octanol–water partition coefficient (Wildman–Crippen LogP) is -0.858. The zero-order valence-electron chi connectivity index (χ0n) is 11.6. The Balaban J connectivity index is 1.72. The van der Waals surface area contributed by atoms with Gasteiger partial charge in [-0.3, -0.25) is 4.79 Å². The molecule has 3 aromatic heterocycles. The molecule has 0 aliphatic heterocycles. The molecule has 22 heavy (non-hydrogen) atoms. The van der Waals surface area contributed by atoms with Gasteiger partial charge in [-0.15, -0.1) is 4.68 Å². The van der Waals surface area contributed by atoms with Crippen LogP contribution in [0.5, 0.6) is 5.75 Å². The van der Waals surface area contributed by atoms with Gasteiger partial charge in [-0.05, 0) is 36.0 Å². The van der Waals surface area contributed by atoms with Crippen molar-refractivity contribution in [2.45, 2.75) is 13.5 Å². The third-order valence-corrected chi connectivity index (χ3v) is 2.81. The summed E-state index contributed by atoms with van der Waals surface area (Å²) in [6.45, 7) is 1.56. The number of aromatic nitrogens is 4. The summed E-state index contributed by atoms with van der Waals surface area (Å²) in [5.41, 5.74) is 3.13. The Bertz CT molecular complexity index is 837. The Morgan fingerprint density at radius 2 is 2.50 bits per heavy atom. The molecule has 0 unspecified atom stereocenters. The van der Waals surface area contributed by atoms with E-state index in [9.17, 15) is 9.90 Å². The van der Waals surface area contributed by atoms with Gasteiger partial charge in [-0.2, -0.15) is 5.10 Å².